The normalized spacial score (nSPS) is 18.4. The maximum absolute atomic E-state index is 13.3. The van der Waals surface area contributed by atoms with Gasteiger partial charge >= 0.3 is 6.18 Å². The first-order valence-corrected chi connectivity index (χ1v) is 6.69. The molecule has 0 aromatic heterocycles. The summed E-state index contributed by atoms with van der Waals surface area (Å²) in [6, 6.07) is 2.57. The Morgan fingerprint density at radius 3 is 2.40 bits per heavy atom. The van der Waals surface area contributed by atoms with Crippen molar-refractivity contribution >= 4 is 28.3 Å². The summed E-state index contributed by atoms with van der Waals surface area (Å²) in [4.78, 5) is 1.35. The fourth-order valence-corrected chi connectivity index (χ4v) is 2.65. The highest BCUT2D eigenvalue weighted by molar-refractivity contribution is 9.10. The number of hydrogen-bond acceptors (Lipinski definition) is 3. The highest BCUT2D eigenvalue weighted by atomic mass is 79.9. The van der Waals surface area contributed by atoms with Crippen molar-refractivity contribution in [2.24, 2.45) is 0 Å². The molecule has 1 atom stereocenters. The molecule has 1 heterocycles. The van der Waals surface area contributed by atoms with E-state index in [-0.39, 0.29) is 28.2 Å². The van der Waals surface area contributed by atoms with Gasteiger partial charge in [0.1, 0.15) is 11.8 Å². The summed E-state index contributed by atoms with van der Waals surface area (Å²) >= 11 is 3.06. The number of rotatable bonds is 2. The van der Waals surface area contributed by atoms with Gasteiger partial charge in [0.25, 0.3) is 0 Å². The molecule has 0 bridgehead atoms. The highest BCUT2D eigenvalue weighted by Gasteiger charge is 2.46. The van der Waals surface area contributed by atoms with Crippen LogP contribution >= 0.6 is 28.3 Å². The number of halogens is 5. The molecule has 0 radical (unpaired) electrons. The van der Waals surface area contributed by atoms with Crippen LogP contribution in [0.4, 0.5) is 13.2 Å². The van der Waals surface area contributed by atoms with Gasteiger partial charge in [0, 0.05) is 31.7 Å². The SMILES string of the molecule is Cl.Oc1c(Br)cccc1[C@H](N1CCNCC1)C(F)(F)F. The van der Waals surface area contributed by atoms with Gasteiger partial charge in [-0.2, -0.15) is 13.2 Å². The quantitative estimate of drug-likeness (QED) is 0.834. The van der Waals surface area contributed by atoms with E-state index >= 15 is 0 Å². The van der Waals surface area contributed by atoms with Crippen molar-refractivity contribution in [3.05, 3.63) is 28.2 Å². The molecule has 2 rings (SSSR count). The topological polar surface area (TPSA) is 35.5 Å². The van der Waals surface area contributed by atoms with Gasteiger partial charge in [0.05, 0.1) is 4.47 Å². The minimum atomic E-state index is -4.42. The first-order chi connectivity index (χ1) is 8.91. The number of phenols is 1. The van der Waals surface area contributed by atoms with Crippen LogP contribution in [0.1, 0.15) is 11.6 Å². The summed E-state index contributed by atoms with van der Waals surface area (Å²) in [5.74, 6) is -0.344. The van der Waals surface area contributed by atoms with Crippen LogP contribution < -0.4 is 5.32 Å². The Hall–Kier alpha value is -0.500. The summed E-state index contributed by atoms with van der Waals surface area (Å²) < 4.78 is 40.2. The highest BCUT2D eigenvalue weighted by Crippen LogP contribution is 2.43. The van der Waals surface area contributed by atoms with Crippen molar-refractivity contribution in [1.29, 1.82) is 0 Å². The molecule has 1 aromatic rings. The maximum atomic E-state index is 13.3. The standard InChI is InChI=1S/C12H14BrF3N2O.ClH/c13-9-3-1-2-8(10(9)19)11(12(14,15)16)18-6-4-17-5-7-18;/h1-3,11,17,19H,4-7H2;1H/t11-;/m0./s1. The smallest absolute Gasteiger partial charge is 0.408 e. The molecule has 1 saturated heterocycles. The summed E-state index contributed by atoms with van der Waals surface area (Å²) in [6.07, 6.45) is -4.42. The molecule has 1 aliphatic heterocycles. The minimum Gasteiger partial charge on any atom is -0.506 e. The van der Waals surface area contributed by atoms with Gasteiger partial charge in [-0.05, 0) is 22.0 Å². The van der Waals surface area contributed by atoms with Crippen LogP contribution in [0.3, 0.4) is 0 Å². The first-order valence-electron chi connectivity index (χ1n) is 5.90. The van der Waals surface area contributed by atoms with E-state index in [1.807, 2.05) is 0 Å². The number of phenolic OH excluding ortho intramolecular Hbond substituents is 1. The molecule has 20 heavy (non-hydrogen) atoms. The van der Waals surface area contributed by atoms with Crippen LogP contribution in [-0.4, -0.2) is 42.4 Å². The van der Waals surface area contributed by atoms with Crippen molar-refractivity contribution in [2.45, 2.75) is 12.2 Å². The summed E-state index contributed by atoms with van der Waals surface area (Å²) in [7, 11) is 0. The van der Waals surface area contributed by atoms with E-state index in [1.165, 1.54) is 23.1 Å². The molecule has 114 valence electrons. The summed E-state index contributed by atoms with van der Waals surface area (Å²) in [6.45, 7) is 1.63. The second kappa shape index (κ2) is 6.98. The van der Waals surface area contributed by atoms with E-state index in [4.69, 9.17) is 0 Å². The Balaban J connectivity index is 0.00000200. The van der Waals surface area contributed by atoms with Crippen molar-refractivity contribution in [2.75, 3.05) is 26.2 Å². The first kappa shape index (κ1) is 17.6. The molecule has 0 saturated carbocycles. The fraction of sp³-hybridized carbons (Fsp3) is 0.500. The lowest BCUT2D eigenvalue weighted by Crippen LogP contribution is -2.49. The lowest BCUT2D eigenvalue weighted by molar-refractivity contribution is -0.188. The van der Waals surface area contributed by atoms with E-state index in [0.29, 0.717) is 26.2 Å². The lowest BCUT2D eigenvalue weighted by atomic mass is 10.0. The van der Waals surface area contributed by atoms with Crippen LogP contribution in [-0.2, 0) is 0 Å². The Morgan fingerprint density at radius 1 is 1.25 bits per heavy atom. The molecular weight excluding hydrogens is 360 g/mol. The Labute approximate surface area is 129 Å². The third-order valence-electron chi connectivity index (χ3n) is 3.14. The lowest BCUT2D eigenvalue weighted by Gasteiger charge is -2.36. The van der Waals surface area contributed by atoms with Gasteiger partial charge in [-0.25, -0.2) is 0 Å². The van der Waals surface area contributed by atoms with Crippen LogP contribution in [0.2, 0.25) is 0 Å². The fourth-order valence-electron chi connectivity index (χ4n) is 2.27. The number of hydrogen-bond donors (Lipinski definition) is 2. The second-order valence-corrected chi connectivity index (χ2v) is 5.26. The van der Waals surface area contributed by atoms with E-state index in [9.17, 15) is 18.3 Å². The molecule has 2 N–H and O–H groups in total. The number of aromatic hydroxyl groups is 1. The van der Waals surface area contributed by atoms with E-state index < -0.39 is 12.2 Å². The van der Waals surface area contributed by atoms with Crippen LogP contribution in [0, 0.1) is 0 Å². The molecule has 0 spiro atoms. The molecule has 1 aromatic carbocycles. The molecule has 0 aliphatic carbocycles. The van der Waals surface area contributed by atoms with Gasteiger partial charge in [-0.3, -0.25) is 4.90 Å². The molecule has 0 unspecified atom stereocenters. The molecule has 8 heteroatoms. The largest absolute Gasteiger partial charge is 0.506 e. The van der Waals surface area contributed by atoms with Gasteiger partial charge in [-0.15, -0.1) is 12.4 Å². The average molecular weight is 376 g/mol. The molecule has 1 fully saturated rings. The van der Waals surface area contributed by atoms with Crippen molar-refractivity contribution < 1.29 is 18.3 Å². The van der Waals surface area contributed by atoms with Crippen molar-refractivity contribution in [1.82, 2.24) is 10.2 Å². The zero-order chi connectivity index (χ0) is 14.0. The number of para-hydroxylation sites is 1. The molecule has 0 amide bonds. The van der Waals surface area contributed by atoms with Crippen molar-refractivity contribution in [3.63, 3.8) is 0 Å². The van der Waals surface area contributed by atoms with E-state index in [0.717, 1.165) is 0 Å². The zero-order valence-corrected chi connectivity index (χ0v) is 12.9. The van der Waals surface area contributed by atoms with Crippen LogP contribution in [0.15, 0.2) is 22.7 Å². The Morgan fingerprint density at radius 2 is 1.85 bits per heavy atom. The molecule has 3 nitrogen and oxygen atoms in total. The zero-order valence-electron chi connectivity index (χ0n) is 10.5. The summed E-state index contributed by atoms with van der Waals surface area (Å²) in [5, 5.41) is 12.9. The third-order valence-corrected chi connectivity index (χ3v) is 3.78. The minimum absolute atomic E-state index is 0. The number of nitrogens with zero attached hydrogens (tertiary/aromatic N) is 1. The molecule has 1 aliphatic rings. The van der Waals surface area contributed by atoms with Gasteiger partial charge < -0.3 is 10.4 Å². The molecular formula is C12H15BrClF3N2O. The number of piperazine rings is 1. The van der Waals surface area contributed by atoms with Gasteiger partial charge in [0.2, 0.25) is 0 Å². The average Bonchev–Trinajstić information content (AvgIpc) is 2.35. The van der Waals surface area contributed by atoms with Crippen LogP contribution in [0.5, 0.6) is 5.75 Å². The van der Waals surface area contributed by atoms with Gasteiger partial charge in [-0.1, -0.05) is 12.1 Å². The second-order valence-electron chi connectivity index (χ2n) is 4.41. The number of benzene rings is 1. The number of alkyl halides is 3. The Kier molecular flexibility index (Phi) is 6.12. The van der Waals surface area contributed by atoms with E-state index in [1.54, 1.807) is 0 Å². The summed E-state index contributed by atoms with van der Waals surface area (Å²) in [5.41, 5.74) is -0.108. The van der Waals surface area contributed by atoms with Gasteiger partial charge in [0.15, 0.2) is 0 Å². The maximum Gasteiger partial charge on any atom is 0.408 e. The third kappa shape index (κ3) is 3.78. The van der Waals surface area contributed by atoms with E-state index in [2.05, 4.69) is 21.2 Å². The predicted molar refractivity (Wildman–Crippen MR) is 76.3 cm³/mol. The van der Waals surface area contributed by atoms with Crippen molar-refractivity contribution in [3.8, 4) is 5.75 Å². The van der Waals surface area contributed by atoms with Crippen LogP contribution in [0.25, 0.3) is 0 Å². The monoisotopic (exact) mass is 374 g/mol. The Bertz CT molecular complexity index is 453. The predicted octanol–water partition coefficient (Wildman–Crippen LogP) is 3.09. The number of nitrogens with one attached hydrogen (secondary N) is 1.